The first-order valence-electron chi connectivity index (χ1n) is 6.05. The summed E-state index contributed by atoms with van der Waals surface area (Å²) in [6, 6.07) is 0. The zero-order chi connectivity index (χ0) is 13.3. The lowest BCUT2D eigenvalue weighted by Crippen LogP contribution is -2.10. The van der Waals surface area contributed by atoms with Gasteiger partial charge in [0.25, 0.3) is 0 Å². The molecule has 0 saturated carbocycles. The van der Waals surface area contributed by atoms with Gasteiger partial charge in [-0.2, -0.15) is 13.2 Å². The molecule has 0 radical (unpaired) electrons. The second-order valence-electron chi connectivity index (χ2n) is 4.05. The van der Waals surface area contributed by atoms with Gasteiger partial charge in [0, 0.05) is 0 Å². The number of allylic oxidation sites excluding steroid dienone is 5. The topological polar surface area (TPSA) is 0 Å². The van der Waals surface area contributed by atoms with Crippen LogP contribution >= 0.6 is 0 Å². The molecule has 0 spiro atoms. The van der Waals surface area contributed by atoms with E-state index in [0.29, 0.717) is 18.4 Å². The highest BCUT2D eigenvalue weighted by Gasteiger charge is 2.31. The first-order valence-corrected chi connectivity index (χ1v) is 6.05. The van der Waals surface area contributed by atoms with E-state index in [1.165, 1.54) is 0 Å². The molecule has 0 aromatic carbocycles. The molecule has 0 saturated heterocycles. The maximum Gasteiger partial charge on any atom is 0.416 e. The van der Waals surface area contributed by atoms with Crippen molar-refractivity contribution >= 4 is 0 Å². The molecular weight excluding hydrogens is 225 g/mol. The van der Waals surface area contributed by atoms with Gasteiger partial charge in [-0.05, 0) is 18.9 Å². The third-order valence-electron chi connectivity index (χ3n) is 2.28. The van der Waals surface area contributed by atoms with Crippen molar-refractivity contribution in [3.05, 3.63) is 36.0 Å². The first kappa shape index (κ1) is 16.0. The largest absolute Gasteiger partial charge is 0.416 e. The Hall–Kier alpha value is -0.990. The van der Waals surface area contributed by atoms with Crippen LogP contribution in [0.5, 0.6) is 0 Å². The van der Waals surface area contributed by atoms with Crippen LogP contribution in [0.1, 0.15) is 46.0 Å². The van der Waals surface area contributed by atoms with E-state index in [9.17, 15) is 13.2 Å². The summed E-state index contributed by atoms with van der Waals surface area (Å²) in [6.07, 6.45) is 3.59. The van der Waals surface area contributed by atoms with E-state index < -0.39 is 11.7 Å². The maximum atomic E-state index is 12.7. The summed E-state index contributed by atoms with van der Waals surface area (Å²) in [5.74, 6) is 0. The molecule has 0 atom stereocenters. The van der Waals surface area contributed by atoms with Crippen molar-refractivity contribution in [3.63, 3.8) is 0 Å². The Kier molecular flexibility index (Phi) is 7.68. The molecular formula is C14H21F3. The van der Waals surface area contributed by atoms with Crippen LogP contribution in [-0.2, 0) is 0 Å². The lowest BCUT2D eigenvalue weighted by molar-refractivity contribution is -0.0882. The predicted molar refractivity (Wildman–Crippen MR) is 66.9 cm³/mol. The van der Waals surface area contributed by atoms with Crippen molar-refractivity contribution in [2.24, 2.45) is 0 Å². The van der Waals surface area contributed by atoms with Crippen LogP contribution < -0.4 is 0 Å². The number of hydrogen-bond donors (Lipinski definition) is 0. The maximum absolute atomic E-state index is 12.7. The molecule has 98 valence electrons. The van der Waals surface area contributed by atoms with Crippen LogP contribution in [0.15, 0.2) is 36.0 Å². The monoisotopic (exact) mass is 246 g/mol. The fourth-order valence-electron chi connectivity index (χ4n) is 1.37. The Morgan fingerprint density at radius 2 is 1.82 bits per heavy atom. The van der Waals surface area contributed by atoms with E-state index in [-0.39, 0.29) is 0 Å². The Morgan fingerprint density at radius 3 is 2.29 bits per heavy atom. The van der Waals surface area contributed by atoms with Gasteiger partial charge in [-0.15, -0.1) is 0 Å². The molecule has 0 aromatic rings. The van der Waals surface area contributed by atoms with Gasteiger partial charge < -0.3 is 0 Å². The first-order chi connectivity index (χ1) is 7.91. The standard InChI is InChI=1S/C14H21F3/c1-4-6-7-8-10-13(14(15,16)17)11-12(3)9-5-2/h8,10-11H,3-7,9H2,1-2H3/b10-8-,13-11+. The number of halogens is 3. The Morgan fingerprint density at radius 1 is 1.18 bits per heavy atom. The molecule has 17 heavy (non-hydrogen) atoms. The Balaban J connectivity index is 4.66. The molecule has 0 aliphatic rings. The molecule has 0 aromatic heterocycles. The fourth-order valence-corrected chi connectivity index (χ4v) is 1.37. The van der Waals surface area contributed by atoms with Gasteiger partial charge in [-0.3, -0.25) is 0 Å². The van der Waals surface area contributed by atoms with Crippen LogP contribution in [0, 0.1) is 0 Å². The van der Waals surface area contributed by atoms with Gasteiger partial charge in [-0.1, -0.05) is 57.4 Å². The van der Waals surface area contributed by atoms with E-state index >= 15 is 0 Å². The van der Waals surface area contributed by atoms with Gasteiger partial charge in [0.1, 0.15) is 0 Å². The van der Waals surface area contributed by atoms with E-state index in [2.05, 4.69) is 6.58 Å². The summed E-state index contributed by atoms with van der Waals surface area (Å²) in [7, 11) is 0. The molecule has 0 N–H and O–H groups in total. The quantitative estimate of drug-likeness (QED) is 0.406. The molecule has 0 unspecified atom stereocenters. The predicted octanol–water partition coefficient (Wildman–Crippen LogP) is 5.58. The van der Waals surface area contributed by atoms with E-state index in [0.717, 1.165) is 31.4 Å². The van der Waals surface area contributed by atoms with Gasteiger partial charge in [-0.25, -0.2) is 0 Å². The number of unbranched alkanes of at least 4 members (excludes halogenated alkanes) is 2. The van der Waals surface area contributed by atoms with Crippen LogP contribution in [0.3, 0.4) is 0 Å². The average Bonchev–Trinajstić information content (AvgIpc) is 2.21. The normalized spacial score (nSPS) is 13.4. The molecule has 0 amide bonds. The average molecular weight is 246 g/mol. The van der Waals surface area contributed by atoms with E-state index in [4.69, 9.17) is 0 Å². The second-order valence-corrected chi connectivity index (χ2v) is 4.05. The number of hydrogen-bond acceptors (Lipinski definition) is 0. The minimum atomic E-state index is -4.29. The van der Waals surface area contributed by atoms with Crippen molar-refractivity contribution < 1.29 is 13.2 Å². The van der Waals surface area contributed by atoms with Gasteiger partial charge in [0.05, 0.1) is 5.57 Å². The lowest BCUT2D eigenvalue weighted by atomic mass is 10.1. The summed E-state index contributed by atoms with van der Waals surface area (Å²) < 4.78 is 38.0. The van der Waals surface area contributed by atoms with Crippen LogP contribution in [-0.4, -0.2) is 6.18 Å². The van der Waals surface area contributed by atoms with E-state index in [1.54, 1.807) is 6.08 Å². The molecule has 0 aliphatic carbocycles. The summed E-state index contributed by atoms with van der Waals surface area (Å²) in [5.41, 5.74) is -0.0768. The fraction of sp³-hybridized carbons (Fsp3) is 0.571. The second kappa shape index (κ2) is 8.15. The van der Waals surface area contributed by atoms with Gasteiger partial charge in [0.2, 0.25) is 0 Å². The summed E-state index contributed by atoms with van der Waals surface area (Å²) in [6.45, 7) is 7.56. The SMILES string of the molecule is C=C(/C=C(\C=C/CCCC)C(F)(F)F)CCC. The zero-order valence-corrected chi connectivity index (χ0v) is 10.6. The molecule has 0 fully saturated rings. The molecule has 0 rings (SSSR count). The smallest absolute Gasteiger partial charge is 0.166 e. The van der Waals surface area contributed by atoms with Crippen molar-refractivity contribution in [1.82, 2.24) is 0 Å². The van der Waals surface area contributed by atoms with Crippen molar-refractivity contribution in [3.8, 4) is 0 Å². The van der Waals surface area contributed by atoms with Crippen molar-refractivity contribution in [2.75, 3.05) is 0 Å². The van der Waals surface area contributed by atoms with Crippen LogP contribution in [0.25, 0.3) is 0 Å². The lowest BCUT2D eigenvalue weighted by Gasteiger charge is -2.08. The zero-order valence-electron chi connectivity index (χ0n) is 10.6. The van der Waals surface area contributed by atoms with Crippen LogP contribution in [0.4, 0.5) is 13.2 Å². The third kappa shape index (κ3) is 7.83. The molecule has 0 bridgehead atoms. The molecule has 3 heteroatoms. The summed E-state index contributed by atoms with van der Waals surface area (Å²) in [4.78, 5) is 0. The highest BCUT2D eigenvalue weighted by Crippen LogP contribution is 2.28. The van der Waals surface area contributed by atoms with Crippen molar-refractivity contribution in [1.29, 1.82) is 0 Å². The van der Waals surface area contributed by atoms with Gasteiger partial charge >= 0.3 is 6.18 Å². The minimum absolute atomic E-state index is 0.528. The molecule has 0 aliphatic heterocycles. The molecule has 0 nitrogen and oxygen atoms in total. The number of rotatable bonds is 7. The Bertz CT molecular complexity index is 282. The Labute approximate surface area is 102 Å². The summed E-state index contributed by atoms with van der Waals surface area (Å²) in [5, 5.41) is 0. The van der Waals surface area contributed by atoms with Crippen molar-refractivity contribution in [2.45, 2.75) is 52.1 Å². The third-order valence-corrected chi connectivity index (χ3v) is 2.28. The molecule has 0 heterocycles. The summed E-state index contributed by atoms with van der Waals surface area (Å²) >= 11 is 0. The van der Waals surface area contributed by atoms with Gasteiger partial charge in [0.15, 0.2) is 0 Å². The highest BCUT2D eigenvalue weighted by atomic mass is 19.4. The number of alkyl halides is 3. The minimum Gasteiger partial charge on any atom is -0.166 e. The van der Waals surface area contributed by atoms with E-state index in [1.807, 2.05) is 13.8 Å². The highest BCUT2D eigenvalue weighted by molar-refractivity contribution is 5.32. The van der Waals surface area contributed by atoms with Crippen LogP contribution in [0.2, 0.25) is 0 Å².